The number of amides is 1. The SMILES string of the molecule is CO[C@@H]1C[C@@H](C(=O)N2CCC(Cc3ccccc3F)CC2)CC[C@H]1N.Cl. The lowest BCUT2D eigenvalue weighted by molar-refractivity contribution is -0.139. The summed E-state index contributed by atoms with van der Waals surface area (Å²) < 4.78 is 19.2. The summed E-state index contributed by atoms with van der Waals surface area (Å²) in [6.45, 7) is 1.55. The molecule has 146 valence electrons. The summed E-state index contributed by atoms with van der Waals surface area (Å²) in [6, 6.07) is 7.04. The molecule has 1 aliphatic heterocycles. The van der Waals surface area contributed by atoms with E-state index in [1.54, 1.807) is 13.2 Å². The molecule has 2 N–H and O–H groups in total. The van der Waals surface area contributed by atoms with E-state index < -0.39 is 0 Å². The molecule has 4 nitrogen and oxygen atoms in total. The number of likely N-dealkylation sites (tertiary alicyclic amines) is 1. The fourth-order valence-corrected chi connectivity index (χ4v) is 4.24. The van der Waals surface area contributed by atoms with Crippen LogP contribution in [0.15, 0.2) is 24.3 Å². The van der Waals surface area contributed by atoms with Crippen LogP contribution in [0.5, 0.6) is 0 Å². The first-order valence-electron chi connectivity index (χ1n) is 9.39. The number of hydrogen-bond acceptors (Lipinski definition) is 3. The number of piperidine rings is 1. The molecule has 3 rings (SSSR count). The predicted octanol–water partition coefficient (Wildman–Crippen LogP) is 3.17. The molecule has 0 radical (unpaired) electrons. The normalized spacial score (nSPS) is 27.0. The van der Waals surface area contributed by atoms with E-state index in [1.165, 1.54) is 6.07 Å². The van der Waals surface area contributed by atoms with Crippen LogP contribution in [-0.4, -0.2) is 43.2 Å². The van der Waals surface area contributed by atoms with Crippen LogP contribution in [0, 0.1) is 17.7 Å². The molecule has 3 atom stereocenters. The topological polar surface area (TPSA) is 55.6 Å². The lowest BCUT2D eigenvalue weighted by Gasteiger charge is -2.38. The summed E-state index contributed by atoms with van der Waals surface area (Å²) in [5, 5.41) is 0. The maximum atomic E-state index is 13.8. The third kappa shape index (κ3) is 4.96. The van der Waals surface area contributed by atoms with Crippen molar-refractivity contribution in [2.45, 2.75) is 50.7 Å². The maximum Gasteiger partial charge on any atom is 0.225 e. The Labute approximate surface area is 161 Å². The van der Waals surface area contributed by atoms with E-state index >= 15 is 0 Å². The fraction of sp³-hybridized carbons (Fsp3) is 0.650. The van der Waals surface area contributed by atoms with Crippen LogP contribution >= 0.6 is 12.4 Å². The number of carbonyl (C=O) groups excluding carboxylic acids is 1. The Balaban J connectivity index is 0.00000243. The predicted molar refractivity (Wildman–Crippen MR) is 103 cm³/mol. The Morgan fingerprint density at radius 3 is 2.58 bits per heavy atom. The van der Waals surface area contributed by atoms with E-state index in [4.69, 9.17) is 10.5 Å². The van der Waals surface area contributed by atoms with Crippen LogP contribution in [0.3, 0.4) is 0 Å². The second-order valence-electron chi connectivity index (χ2n) is 7.51. The van der Waals surface area contributed by atoms with Crippen LogP contribution in [-0.2, 0) is 16.0 Å². The quantitative estimate of drug-likeness (QED) is 0.867. The molecule has 1 heterocycles. The molecule has 26 heavy (non-hydrogen) atoms. The van der Waals surface area contributed by atoms with Gasteiger partial charge in [0.25, 0.3) is 0 Å². The molecule has 2 fully saturated rings. The standard InChI is InChI=1S/C20H29FN2O2.ClH/c1-25-19-13-16(6-7-18(19)22)20(24)23-10-8-14(9-11-23)12-15-4-2-3-5-17(15)21;/h2-5,14,16,18-19H,6-13,22H2,1H3;1H/t16-,18+,19+;/m0./s1. The van der Waals surface area contributed by atoms with E-state index in [0.717, 1.165) is 57.2 Å². The molecule has 0 spiro atoms. The average Bonchev–Trinajstić information content (AvgIpc) is 2.64. The molecule has 1 aromatic carbocycles. The van der Waals surface area contributed by atoms with Crippen molar-refractivity contribution in [3.8, 4) is 0 Å². The van der Waals surface area contributed by atoms with Crippen molar-refractivity contribution in [2.24, 2.45) is 17.6 Å². The smallest absolute Gasteiger partial charge is 0.225 e. The number of benzene rings is 1. The average molecular weight is 385 g/mol. The highest BCUT2D eigenvalue weighted by Crippen LogP contribution is 2.29. The van der Waals surface area contributed by atoms with Crippen LogP contribution in [0.1, 0.15) is 37.7 Å². The van der Waals surface area contributed by atoms with Gasteiger partial charge in [-0.05, 0) is 56.1 Å². The van der Waals surface area contributed by atoms with Crippen LogP contribution in [0.4, 0.5) is 4.39 Å². The number of carbonyl (C=O) groups is 1. The largest absolute Gasteiger partial charge is 0.380 e. The van der Waals surface area contributed by atoms with Crippen molar-refractivity contribution in [2.75, 3.05) is 20.2 Å². The van der Waals surface area contributed by atoms with Crippen molar-refractivity contribution in [1.82, 2.24) is 4.90 Å². The van der Waals surface area contributed by atoms with Crippen molar-refractivity contribution >= 4 is 18.3 Å². The van der Waals surface area contributed by atoms with Crippen LogP contribution < -0.4 is 5.73 Å². The zero-order chi connectivity index (χ0) is 17.8. The Morgan fingerprint density at radius 1 is 1.23 bits per heavy atom. The van der Waals surface area contributed by atoms with Crippen molar-refractivity contribution in [1.29, 1.82) is 0 Å². The highest BCUT2D eigenvalue weighted by atomic mass is 35.5. The van der Waals surface area contributed by atoms with E-state index in [1.807, 2.05) is 17.0 Å². The highest BCUT2D eigenvalue weighted by molar-refractivity contribution is 5.85. The molecule has 1 aliphatic carbocycles. The summed E-state index contributed by atoms with van der Waals surface area (Å²) in [4.78, 5) is 14.8. The Bertz CT molecular complexity index is 593. The molecule has 1 saturated heterocycles. The molecule has 2 aliphatic rings. The number of rotatable bonds is 4. The second kappa shape index (κ2) is 9.67. The van der Waals surface area contributed by atoms with Crippen LogP contribution in [0.2, 0.25) is 0 Å². The van der Waals surface area contributed by atoms with Gasteiger partial charge in [-0.3, -0.25) is 4.79 Å². The van der Waals surface area contributed by atoms with Gasteiger partial charge in [0.2, 0.25) is 5.91 Å². The molecule has 6 heteroatoms. The first kappa shape index (κ1) is 21.1. The number of nitrogens with two attached hydrogens (primary N) is 1. The van der Waals surface area contributed by atoms with E-state index in [0.29, 0.717) is 5.92 Å². The summed E-state index contributed by atoms with van der Waals surface area (Å²) in [7, 11) is 1.67. The number of halogens is 2. The minimum absolute atomic E-state index is 0. The van der Waals surface area contributed by atoms with Gasteiger partial charge in [0.05, 0.1) is 6.10 Å². The van der Waals surface area contributed by atoms with Gasteiger partial charge < -0.3 is 15.4 Å². The van der Waals surface area contributed by atoms with Crippen molar-refractivity contribution < 1.29 is 13.9 Å². The molecule has 1 aromatic rings. The monoisotopic (exact) mass is 384 g/mol. The van der Waals surface area contributed by atoms with Crippen molar-refractivity contribution in [3.05, 3.63) is 35.6 Å². The van der Waals surface area contributed by atoms with Gasteiger partial charge in [0.15, 0.2) is 0 Å². The van der Waals surface area contributed by atoms with Gasteiger partial charge >= 0.3 is 0 Å². The molecular formula is C20H30ClFN2O2. The lowest BCUT2D eigenvalue weighted by Crippen LogP contribution is -2.48. The van der Waals surface area contributed by atoms with Crippen LogP contribution in [0.25, 0.3) is 0 Å². The molecule has 0 aromatic heterocycles. The first-order valence-corrected chi connectivity index (χ1v) is 9.39. The summed E-state index contributed by atoms with van der Waals surface area (Å²) >= 11 is 0. The Kier molecular flexibility index (Phi) is 7.86. The zero-order valence-corrected chi connectivity index (χ0v) is 16.2. The summed E-state index contributed by atoms with van der Waals surface area (Å²) in [6.07, 6.45) is 5.07. The molecular weight excluding hydrogens is 355 g/mol. The maximum absolute atomic E-state index is 13.8. The number of ether oxygens (including phenoxy) is 1. The highest BCUT2D eigenvalue weighted by Gasteiger charge is 2.35. The molecule has 0 unspecified atom stereocenters. The van der Waals surface area contributed by atoms with Gasteiger partial charge in [-0.2, -0.15) is 0 Å². The summed E-state index contributed by atoms with van der Waals surface area (Å²) in [5.74, 6) is 0.615. The number of nitrogens with zero attached hydrogens (tertiary/aromatic N) is 1. The fourth-order valence-electron chi connectivity index (χ4n) is 4.24. The third-order valence-electron chi connectivity index (χ3n) is 5.89. The number of methoxy groups -OCH3 is 1. The number of hydrogen-bond donors (Lipinski definition) is 1. The third-order valence-corrected chi connectivity index (χ3v) is 5.89. The zero-order valence-electron chi connectivity index (χ0n) is 15.4. The van der Waals surface area contributed by atoms with E-state index in [2.05, 4.69) is 0 Å². The Hall–Kier alpha value is -1.17. The van der Waals surface area contributed by atoms with Gasteiger partial charge in [-0.15, -0.1) is 12.4 Å². The van der Waals surface area contributed by atoms with Gasteiger partial charge in [0.1, 0.15) is 5.82 Å². The second-order valence-corrected chi connectivity index (χ2v) is 7.51. The van der Waals surface area contributed by atoms with Crippen molar-refractivity contribution in [3.63, 3.8) is 0 Å². The van der Waals surface area contributed by atoms with Gasteiger partial charge in [0, 0.05) is 32.2 Å². The first-order chi connectivity index (χ1) is 12.1. The minimum atomic E-state index is -0.120. The lowest BCUT2D eigenvalue weighted by atomic mass is 9.82. The minimum Gasteiger partial charge on any atom is -0.380 e. The molecule has 1 amide bonds. The van der Waals surface area contributed by atoms with Gasteiger partial charge in [-0.1, -0.05) is 18.2 Å². The summed E-state index contributed by atoms with van der Waals surface area (Å²) in [5.41, 5.74) is 6.84. The van der Waals surface area contributed by atoms with E-state index in [-0.39, 0.29) is 42.2 Å². The van der Waals surface area contributed by atoms with Gasteiger partial charge in [-0.25, -0.2) is 4.39 Å². The molecule has 0 bridgehead atoms. The molecule has 1 saturated carbocycles. The van der Waals surface area contributed by atoms with E-state index in [9.17, 15) is 9.18 Å². The Morgan fingerprint density at radius 2 is 1.92 bits per heavy atom.